The van der Waals surface area contributed by atoms with Gasteiger partial charge in [-0.25, -0.2) is 0 Å². The van der Waals surface area contributed by atoms with Gasteiger partial charge in [0.15, 0.2) is 0 Å². The second-order valence-corrected chi connectivity index (χ2v) is 5.67. The fourth-order valence-corrected chi connectivity index (χ4v) is 3.07. The van der Waals surface area contributed by atoms with E-state index >= 15 is 0 Å². The first-order chi connectivity index (χ1) is 7.79. The summed E-state index contributed by atoms with van der Waals surface area (Å²) in [6.45, 7) is 5.59. The van der Waals surface area contributed by atoms with Gasteiger partial charge < -0.3 is 10.1 Å². The van der Waals surface area contributed by atoms with Crippen LogP contribution in [0.2, 0.25) is 0 Å². The van der Waals surface area contributed by atoms with E-state index in [-0.39, 0.29) is 0 Å². The predicted octanol–water partition coefficient (Wildman–Crippen LogP) is 3.11. The minimum atomic E-state index is 0.480. The molecule has 2 aliphatic rings. The molecule has 1 aliphatic carbocycles. The molecular weight excluding hydrogens is 198 g/mol. The average molecular weight is 225 g/mol. The smallest absolute Gasteiger partial charge is 0.0728 e. The Hall–Kier alpha value is -0.0800. The van der Waals surface area contributed by atoms with Gasteiger partial charge in [0.25, 0.3) is 0 Å². The predicted molar refractivity (Wildman–Crippen MR) is 67.6 cm³/mol. The molecule has 0 radical (unpaired) electrons. The summed E-state index contributed by atoms with van der Waals surface area (Å²) in [6, 6.07) is 1.25. The number of rotatable bonds is 6. The molecule has 1 N–H and O–H groups in total. The van der Waals surface area contributed by atoms with Gasteiger partial charge in [0.2, 0.25) is 0 Å². The molecule has 2 nitrogen and oxygen atoms in total. The minimum Gasteiger partial charge on any atom is -0.377 e. The highest BCUT2D eigenvalue weighted by Crippen LogP contribution is 2.30. The fourth-order valence-electron chi connectivity index (χ4n) is 3.07. The lowest BCUT2D eigenvalue weighted by atomic mass is 9.81. The molecule has 2 rings (SSSR count). The Balaban J connectivity index is 1.71. The third-order valence-electron chi connectivity index (χ3n) is 4.26. The molecule has 16 heavy (non-hydrogen) atoms. The molecule has 2 heteroatoms. The quantitative estimate of drug-likeness (QED) is 0.750. The van der Waals surface area contributed by atoms with Crippen LogP contribution >= 0.6 is 0 Å². The highest BCUT2D eigenvalue weighted by atomic mass is 16.5. The highest BCUT2D eigenvalue weighted by Gasteiger charge is 2.27. The third kappa shape index (κ3) is 3.21. The van der Waals surface area contributed by atoms with Crippen molar-refractivity contribution in [1.29, 1.82) is 0 Å². The van der Waals surface area contributed by atoms with E-state index < -0.39 is 0 Å². The zero-order valence-corrected chi connectivity index (χ0v) is 10.9. The fraction of sp³-hybridized carbons (Fsp3) is 1.00. The lowest BCUT2D eigenvalue weighted by Gasteiger charge is -2.32. The van der Waals surface area contributed by atoms with E-state index in [2.05, 4.69) is 19.2 Å². The van der Waals surface area contributed by atoms with Crippen LogP contribution in [0.15, 0.2) is 0 Å². The van der Waals surface area contributed by atoms with Crippen molar-refractivity contribution in [3.05, 3.63) is 0 Å². The van der Waals surface area contributed by atoms with Crippen LogP contribution < -0.4 is 5.32 Å². The largest absolute Gasteiger partial charge is 0.377 e. The van der Waals surface area contributed by atoms with Gasteiger partial charge in [-0.1, -0.05) is 26.2 Å². The van der Waals surface area contributed by atoms with Gasteiger partial charge in [-0.2, -0.15) is 0 Å². The monoisotopic (exact) mass is 225 g/mol. The van der Waals surface area contributed by atoms with Crippen molar-refractivity contribution < 1.29 is 4.74 Å². The average Bonchev–Trinajstić information content (AvgIpc) is 2.73. The standard InChI is InChI=1S/C14H27NO/c1-3-13(14-8-5-9-16-14)15-11(2)10-12-6-4-7-12/h11-15H,3-10H2,1-2H3. The Kier molecular flexibility index (Phi) is 4.66. The van der Waals surface area contributed by atoms with Crippen molar-refractivity contribution >= 4 is 0 Å². The summed E-state index contributed by atoms with van der Waals surface area (Å²) in [4.78, 5) is 0. The number of hydrogen-bond donors (Lipinski definition) is 1. The van der Waals surface area contributed by atoms with Crippen molar-refractivity contribution in [3.63, 3.8) is 0 Å². The van der Waals surface area contributed by atoms with Crippen LogP contribution in [0, 0.1) is 5.92 Å². The molecule has 3 atom stereocenters. The van der Waals surface area contributed by atoms with Crippen LogP contribution in [0.3, 0.4) is 0 Å². The maximum atomic E-state index is 5.79. The summed E-state index contributed by atoms with van der Waals surface area (Å²) < 4.78 is 5.79. The molecule has 1 aliphatic heterocycles. The molecule has 3 unspecified atom stereocenters. The zero-order valence-electron chi connectivity index (χ0n) is 10.9. The van der Waals surface area contributed by atoms with Crippen molar-refractivity contribution in [3.8, 4) is 0 Å². The van der Waals surface area contributed by atoms with Crippen LogP contribution in [-0.2, 0) is 4.74 Å². The summed E-state index contributed by atoms with van der Waals surface area (Å²) in [5.74, 6) is 1.00. The number of hydrogen-bond acceptors (Lipinski definition) is 2. The van der Waals surface area contributed by atoms with Crippen molar-refractivity contribution in [2.75, 3.05) is 6.61 Å². The van der Waals surface area contributed by atoms with Crippen molar-refractivity contribution in [2.45, 2.75) is 77.0 Å². The first kappa shape index (κ1) is 12.4. The topological polar surface area (TPSA) is 21.3 Å². The SMILES string of the molecule is CCC(NC(C)CC1CCC1)C1CCCO1. The second-order valence-electron chi connectivity index (χ2n) is 5.67. The molecular formula is C14H27NO. The van der Waals surface area contributed by atoms with Crippen molar-refractivity contribution in [1.82, 2.24) is 5.32 Å². The molecule has 1 saturated carbocycles. The zero-order chi connectivity index (χ0) is 11.4. The van der Waals surface area contributed by atoms with E-state index in [1.165, 1.54) is 44.9 Å². The van der Waals surface area contributed by atoms with Crippen LogP contribution in [0.25, 0.3) is 0 Å². The summed E-state index contributed by atoms with van der Waals surface area (Å²) in [7, 11) is 0. The van der Waals surface area contributed by atoms with Gasteiger partial charge in [-0.15, -0.1) is 0 Å². The Morgan fingerprint density at radius 3 is 2.56 bits per heavy atom. The van der Waals surface area contributed by atoms with E-state index in [4.69, 9.17) is 4.74 Å². The van der Waals surface area contributed by atoms with E-state index in [0.717, 1.165) is 12.5 Å². The Labute approximate surface area is 100 Å². The molecule has 0 aromatic heterocycles. The first-order valence-electron chi connectivity index (χ1n) is 7.17. The van der Waals surface area contributed by atoms with Gasteiger partial charge in [-0.3, -0.25) is 0 Å². The summed E-state index contributed by atoms with van der Waals surface area (Å²) >= 11 is 0. The van der Waals surface area contributed by atoms with E-state index in [1.807, 2.05) is 0 Å². The normalized spacial score (nSPS) is 30.0. The van der Waals surface area contributed by atoms with Gasteiger partial charge in [0.1, 0.15) is 0 Å². The molecule has 2 fully saturated rings. The summed E-state index contributed by atoms with van der Waals surface area (Å²) in [5.41, 5.74) is 0. The maximum absolute atomic E-state index is 5.79. The highest BCUT2D eigenvalue weighted by molar-refractivity contribution is 4.83. The maximum Gasteiger partial charge on any atom is 0.0728 e. The minimum absolute atomic E-state index is 0.480. The first-order valence-corrected chi connectivity index (χ1v) is 7.17. The summed E-state index contributed by atoms with van der Waals surface area (Å²) in [5, 5.41) is 3.78. The Morgan fingerprint density at radius 1 is 1.25 bits per heavy atom. The molecule has 0 bridgehead atoms. The van der Waals surface area contributed by atoms with Crippen LogP contribution in [0.5, 0.6) is 0 Å². The second kappa shape index (κ2) is 6.02. The molecule has 0 amide bonds. The van der Waals surface area contributed by atoms with Gasteiger partial charge in [-0.05, 0) is 38.5 Å². The van der Waals surface area contributed by atoms with Crippen LogP contribution in [-0.4, -0.2) is 24.8 Å². The molecule has 0 aromatic rings. The molecule has 94 valence electrons. The molecule has 1 saturated heterocycles. The lowest BCUT2D eigenvalue weighted by Crippen LogP contribution is -2.44. The molecule has 0 aromatic carbocycles. The van der Waals surface area contributed by atoms with Crippen molar-refractivity contribution in [2.24, 2.45) is 5.92 Å². The van der Waals surface area contributed by atoms with E-state index in [1.54, 1.807) is 0 Å². The third-order valence-corrected chi connectivity index (χ3v) is 4.26. The van der Waals surface area contributed by atoms with E-state index in [0.29, 0.717) is 18.2 Å². The Bertz CT molecular complexity index is 197. The van der Waals surface area contributed by atoms with Gasteiger partial charge in [0, 0.05) is 18.7 Å². The van der Waals surface area contributed by atoms with Crippen LogP contribution in [0.4, 0.5) is 0 Å². The molecule has 0 spiro atoms. The number of ether oxygens (including phenoxy) is 1. The lowest BCUT2D eigenvalue weighted by molar-refractivity contribution is 0.0712. The summed E-state index contributed by atoms with van der Waals surface area (Å²) in [6.07, 6.45) is 9.92. The molecule has 1 heterocycles. The van der Waals surface area contributed by atoms with E-state index in [9.17, 15) is 0 Å². The Morgan fingerprint density at radius 2 is 2.06 bits per heavy atom. The van der Waals surface area contributed by atoms with Crippen LogP contribution in [0.1, 0.15) is 58.8 Å². The van der Waals surface area contributed by atoms with Gasteiger partial charge in [0.05, 0.1) is 6.10 Å². The van der Waals surface area contributed by atoms with Gasteiger partial charge >= 0.3 is 0 Å². The number of nitrogens with one attached hydrogen (secondary N) is 1.